The van der Waals surface area contributed by atoms with E-state index >= 15 is 0 Å². The molecule has 0 saturated carbocycles. The molecule has 0 fully saturated rings. The third-order valence-corrected chi connectivity index (χ3v) is 7.55. The molecule has 0 aromatic rings. The minimum atomic E-state index is -1.06. The van der Waals surface area contributed by atoms with Crippen LogP contribution in [0, 0.1) is 11.8 Å². The summed E-state index contributed by atoms with van der Waals surface area (Å²) in [6.45, 7) is 6.29. The summed E-state index contributed by atoms with van der Waals surface area (Å²) in [6, 6.07) is 0. The van der Waals surface area contributed by atoms with Gasteiger partial charge in [-0.2, -0.15) is 0 Å². The number of carbonyl (C=O) groups is 2. The van der Waals surface area contributed by atoms with E-state index in [4.69, 9.17) is 9.47 Å². The molecule has 2 unspecified atom stereocenters. The van der Waals surface area contributed by atoms with Crippen LogP contribution in [-0.4, -0.2) is 48.6 Å². The molecule has 0 aliphatic heterocycles. The van der Waals surface area contributed by atoms with Gasteiger partial charge in [-0.25, -0.2) is 0 Å². The predicted octanol–water partition coefficient (Wildman–Crippen LogP) is 9.04. The Morgan fingerprint density at radius 2 is 0.700 bits per heavy atom. The van der Waals surface area contributed by atoms with E-state index in [0.29, 0.717) is 13.2 Å². The molecule has 0 heterocycles. The topological polar surface area (TPSA) is 93.1 Å². The van der Waals surface area contributed by atoms with E-state index in [0.717, 1.165) is 25.7 Å². The fourth-order valence-corrected chi connectivity index (χ4v) is 5.00. The van der Waals surface area contributed by atoms with Gasteiger partial charge in [0.15, 0.2) is 0 Å². The average Bonchev–Trinajstić information content (AvgIpc) is 2.89. The molecule has 0 rings (SSSR count). The van der Waals surface area contributed by atoms with Gasteiger partial charge in [0.2, 0.25) is 0 Å². The van der Waals surface area contributed by atoms with Gasteiger partial charge in [0.25, 0.3) is 0 Å². The second-order valence-corrected chi connectivity index (χ2v) is 11.1. The molecule has 0 saturated heterocycles. The maximum absolute atomic E-state index is 11.8. The molecular weight excluding hydrogens is 696 g/mol. The normalized spacial score (nSPS) is 12.3. The van der Waals surface area contributed by atoms with Crippen LogP contribution in [0.15, 0.2) is 0 Å². The van der Waals surface area contributed by atoms with Crippen LogP contribution in [0.2, 0.25) is 0 Å². The third-order valence-electron chi connectivity index (χ3n) is 7.55. The molecule has 0 aromatic carbocycles. The quantitative estimate of drug-likeness (QED) is 0.0542. The number of hydrogen-bond donors (Lipinski definition) is 2. The van der Waals surface area contributed by atoms with Gasteiger partial charge in [-0.15, -0.1) is 0 Å². The van der Waals surface area contributed by atoms with Crippen molar-refractivity contribution in [2.75, 3.05) is 26.4 Å². The van der Waals surface area contributed by atoms with Crippen LogP contribution < -0.4 is 0 Å². The summed E-state index contributed by atoms with van der Waals surface area (Å²) >= 11 is 0. The zero-order valence-corrected chi connectivity index (χ0v) is 28.6. The van der Waals surface area contributed by atoms with Gasteiger partial charge in [0.05, 0.1) is 11.8 Å². The van der Waals surface area contributed by atoms with Crippen LogP contribution in [0.1, 0.15) is 155 Å². The molecule has 8 heteroatoms. The van der Waals surface area contributed by atoms with Gasteiger partial charge in [0, 0.05) is 71.2 Å². The first-order valence-corrected chi connectivity index (χ1v) is 16.2. The van der Waals surface area contributed by atoms with Crippen LogP contribution >= 0.6 is 0 Å². The molecule has 0 bridgehead atoms. The van der Waals surface area contributed by atoms with Gasteiger partial charge in [-0.3, -0.25) is 9.59 Å². The van der Waals surface area contributed by atoms with Gasteiger partial charge in [0.1, 0.15) is 0 Å². The second kappa shape index (κ2) is 35.5. The predicted molar refractivity (Wildman–Crippen MR) is 157 cm³/mol. The fraction of sp³-hybridized carbons (Fsp3) is 0.938. The number of aliphatic carboxylic acids is 2. The van der Waals surface area contributed by atoms with Crippen molar-refractivity contribution in [2.24, 2.45) is 11.8 Å². The van der Waals surface area contributed by atoms with Crippen LogP contribution in [0.5, 0.6) is 0 Å². The molecule has 6 nitrogen and oxygen atoms in total. The standard InChI is InChI=1S/C32H62O6.2Ag/c1-3-5-7-9-11-13-15-17-19-21-25-37-27-23-29(31(33)34)30(32(35)36)24-28-38-26-22-20-18-16-14-12-10-8-6-4-2;;/h29-30H,3-28H2,1-2H3,(H,33,34)(H,35,36);;. The van der Waals surface area contributed by atoms with Crippen molar-refractivity contribution in [1.29, 1.82) is 0 Å². The minimum Gasteiger partial charge on any atom is -0.481 e. The summed E-state index contributed by atoms with van der Waals surface area (Å²) in [4.78, 5) is 23.5. The second-order valence-electron chi connectivity index (χ2n) is 11.1. The molecular formula is C32H62Ag2O6. The zero-order chi connectivity index (χ0) is 28.1. The van der Waals surface area contributed by atoms with Gasteiger partial charge >= 0.3 is 11.9 Å². The summed E-state index contributed by atoms with van der Waals surface area (Å²) in [5.74, 6) is -4.01. The summed E-state index contributed by atoms with van der Waals surface area (Å²) in [5.41, 5.74) is 0. The van der Waals surface area contributed by atoms with Gasteiger partial charge in [-0.1, -0.05) is 129 Å². The Labute approximate surface area is 277 Å². The van der Waals surface area contributed by atoms with Gasteiger partial charge < -0.3 is 19.7 Å². The van der Waals surface area contributed by atoms with Crippen LogP contribution in [0.4, 0.5) is 0 Å². The first-order valence-electron chi connectivity index (χ1n) is 16.2. The largest absolute Gasteiger partial charge is 0.481 e. The molecule has 248 valence electrons. The van der Waals surface area contributed by atoms with Gasteiger partial charge in [-0.05, 0) is 25.7 Å². The number of hydrogen-bond acceptors (Lipinski definition) is 4. The van der Waals surface area contributed by atoms with Crippen molar-refractivity contribution in [2.45, 2.75) is 155 Å². The molecule has 2 atom stereocenters. The van der Waals surface area contributed by atoms with E-state index < -0.39 is 23.8 Å². The molecule has 2 N–H and O–H groups in total. The summed E-state index contributed by atoms with van der Waals surface area (Å²) in [6.07, 6.45) is 25.6. The number of ether oxygens (including phenoxy) is 2. The first-order chi connectivity index (χ1) is 18.5. The molecule has 40 heavy (non-hydrogen) atoms. The molecule has 0 spiro atoms. The smallest absolute Gasteiger partial charge is 0.307 e. The average molecular weight is 759 g/mol. The summed E-state index contributed by atoms with van der Waals surface area (Å²) in [5, 5.41) is 19.3. The van der Waals surface area contributed by atoms with Crippen molar-refractivity contribution >= 4 is 11.9 Å². The maximum Gasteiger partial charge on any atom is 0.307 e. The number of carboxylic acid groups (broad SMARTS) is 2. The van der Waals surface area contributed by atoms with E-state index in [9.17, 15) is 19.8 Å². The fourth-order valence-electron chi connectivity index (χ4n) is 5.00. The van der Waals surface area contributed by atoms with E-state index in [2.05, 4.69) is 13.8 Å². The van der Waals surface area contributed by atoms with Crippen LogP contribution in [-0.2, 0) is 63.8 Å². The van der Waals surface area contributed by atoms with Crippen molar-refractivity contribution in [1.82, 2.24) is 0 Å². The SMILES string of the molecule is CCCCCCCCCCCCOCCC(C(=O)O)C(CCOCCCCCCCCCCCC)C(=O)O.[Ag].[Ag]. The Balaban J connectivity index is -0.00000684. The first kappa shape index (κ1) is 44.8. The molecule has 0 aliphatic carbocycles. The summed E-state index contributed by atoms with van der Waals surface area (Å²) < 4.78 is 11.3. The number of unbranched alkanes of at least 4 members (excludes halogenated alkanes) is 18. The number of carboxylic acids is 2. The Hall–Kier alpha value is 0.341. The van der Waals surface area contributed by atoms with E-state index in [1.54, 1.807) is 0 Å². The molecule has 2 radical (unpaired) electrons. The molecule has 0 aromatic heterocycles. The minimum absolute atomic E-state index is 0. The zero-order valence-electron chi connectivity index (χ0n) is 25.7. The van der Waals surface area contributed by atoms with Crippen molar-refractivity contribution in [3.8, 4) is 0 Å². The Morgan fingerprint density at radius 3 is 0.950 bits per heavy atom. The van der Waals surface area contributed by atoms with E-state index in [-0.39, 0.29) is 70.8 Å². The van der Waals surface area contributed by atoms with Crippen molar-refractivity contribution in [3.05, 3.63) is 0 Å². The summed E-state index contributed by atoms with van der Waals surface area (Å²) in [7, 11) is 0. The Bertz CT molecular complexity index is 490. The Kier molecular flexibility index (Phi) is 39.8. The third kappa shape index (κ3) is 29.8. The molecule has 0 amide bonds. The maximum atomic E-state index is 11.8. The van der Waals surface area contributed by atoms with E-state index in [1.807, 2.05) is 0 Å². The number of rotatable bonds is 31. The van der Waals surface area contributed by atoms with Crippen molar-refractivity contribution < 1.29 is 74.0 Å². The van der Waals surface area contributed by atoms with E-state index in [1.165, 1.54) is 103 Å². The van der Waals surface area contributed by atoms with Crippen LogP contribution in [0.25, 0.3) is 0 Å². The Morgan fingerprint density at radius 1 is 0.450 bits per heavy atom. The van der Waals surface area contributed by atoms with Crippen molar-refractivity contribution in [3.63, 3.8) is 0 Å². The van der Waals surface area contributed by atoms with Crippen LogP contribution in [0.3, 0.4) is 0 Å². The monoisotopic (exact) mass is 756 g/mol. The molecule has 0 aliphatic rings.